The zero-order chi connectivity index (χ0) is 16.2. The highest BCUT2D eigenvalue weighted by atomic mass is 16.5. The second-order valence-electron chi connectivity index (χ2n) is 6.45. The van der Waals surface area contributed by atoms with E-state index in [1.54, 1.807) is 0 Å². The van der Waals surface area contributed by atoms with Crippen molar-refractivity contribution in [3.63, 3.8) is 0 Å². The van der Waals surface area contributed by atoms with Crippen LogP contribution in [0.25, 0.3) is 0 Å². The summed E-state index contributed by atoms with van der Waals surface area (Å²) in [4.78, 5) is 16.7. The third-order valence-electron chi connectivity index (χ3n) is 4.68. The number of aliphatic hydroxyl groups excluding tert-OH is 1. The molecule has 5 heteroatoms. The molecule has 0 unspecified atom stereocenters. The summed E-state index contributed by atoms with van der Waals surface area (Å²) < 4.78 is 5.41. The van der Waals surface area contributed by atoms with Gasteiger partial charge in [-0.05, 0) is 49.9 Å². The molecular formula is C18H26N2O3. The van der Waals surface area contributed by atoms with Gasteiger partial charge >= 0.3 is 0 Å². The molecule has 23 heavy (non-hydrogen) atoms. The summed E-state index contributed by atoms with van der Waals surface area (Å²) in [5.41, 5.74) is 0.708. The lowest BCUT2D eigenvalue weighted by atomic mass is 10.1. The highest BCUT2D eigenvalue weighted by Gasteiger charge is 2.32. The average Bonchev–Trinajstić information content (AvgIpc) is 3.41. The molecule has 1 aliphatic carbocycles. The quantitative estimate of drug-likeness (QED) is 0.866. The van der Waals surface area contributed by atoms with Crippen molar-refractivity contribution in [2.75, 3.05) is 39.3 Å². The lowest BCUT2D eigenvalue weighted by molar-refractivity contribution is 0.0488. The summed E-state index contributed by atoms with van der Waals surface area (Å²) in [6.07, 6.45) is 2.14. The molecule has 1 amide bonds. The van der Waals surface area contributed by atoms with Gasteiger partial charge in [0.2, 0.25) is 0 Å². The van der Waals surface area contributed by atoms with Crippen molar-refractivity contribution >= 4 is 5.91 Å². The second kappa shape index (κ2) is 7.32. The largest absolute Gasteiger partial charge is 0.494 e. The van der Waals surface area contributed by atoms with Gasteiger partial charge in [-0.3, -0.25) is 9.69 Å². The van der Waals surface area contributed by atoms with Crippen LogP contribution in [-0.2, 0) is 0 Å². The first-order chi connectivity index (χ1) is 11.2. The number of hydrogen-bond donors (Lipinski definition) is 1. The molecule has 0 radical (unpaired) electrons. The lowest BCUT2D eigenvalue weighted by Gasteiger charge is -2.35. The Morgan fingerprint density at radius 1 is 1.22 bits per heavy atom. The van der Waals surface area contributed by atoms with Crippen molar-refractivity contribution in [2.24, 2.45) is 5.92 Å². The van der Waals surface area contributed by atoms with E-state index in [0.29, 0.717) is 18.1 Å². The Morgan fingerprint density at radius 2 is 1.87 bits per heavy atom. The first-order valence-corrected chi connectivity index (χ1v) is 8.60. The number of β-amino-alcohol motifs (C(OH)–C–C–N with tert-alkyl or cyclic N) is 1. The van der Waals surface area contributed by atoms with E-state index in [2.05, 4.69) is 4.90 Å². The van der Waals surface area contributed by atoms with Gasteiger partial charge in [0.15, 0.2) is 0 Å². The van der Waals surface area contributed by atoms with Crippen molar-refractivity contribution < 1.29 is 14.6 Å². The van der Waals surface area contributed by atoms with Crippen molar-refractivity contribution in [3.8, 4) is 5.75 Å². The van der Waals surface area contributed by atoms with E-state index in [1.807, 2.05) is 36.1 Å². The number of ether oxygens (including phenoxy) is 1. The van der Waals surface area contributed by atoms with Crippen molar-refractivity contribution in [3.05, 3.63) is 29.8 Å². The lowest BCUT2D eigenvalue weighted by Crippen LogP contribution is -2.50. The van der Waals surface area contributed by atoms with Gasteiger partial charge in [0.1, 0.15) is 5.75 Å². The molecular weight excluding hydrogens is 292 g/mol. The fourth-order valence-electron chi connectivity index (χ4n) is 3.07. The smallest absolute Gasteiger partial charge is 0.253 e. The van der Waals surface area contributed by atoms with Crippen LogP contribution in [0, 0.1) is 5.92 Å². The standard InChI is InChI=1S/C18H26N2O3/c1-2-23-16-7-5-15(6-8-16)18(22)20-11-9-19(10-12-20)13-17(21)14-3-4-14/h5-8,14,17,21H,2-4,9-13H2,1H3/t17-/m1/s1. The van der Waals surface area contributed by atoms with Gasteiger partial charge in [0.05, 0.1) is 12.7 Å². The summed E-state index contributed by atoms with van der Waals surface area (Å²) >= 11 is 0. The minimum atomic E-state index is -0.191. The van der Waals surface area contributed by atoms with Crippen LogP contribution < -0.4 is 4.74 Å². The number of nitrogens with zero attached hydrogens (tertiary/aromatic N) is 2. The van der Waals surface area contributed by atoms with Crippen molar-refractivity contribution in [1.82, 2.24) is 9.80 Å². The third kappa shape index (κ3) is 4.24. The molecule has 2 aliphatic rings. The number of benzene rings is 1. The molecule has 1 atom stereocenters. The molecule has 1 N–H and O–H groups in total. The van der Waals surface area contributed by atoms with Gasteiger partial charge in [-0.2, -0.15) is 0 Å². The molecule has 5 nitrogen and oxygen atoms in total. The van der Waals surface area contributed by atoms with Crippen LogP contribution in [0.4, 0.5) is 0 Å². The number of carbonyl (C=O) groups is 1. The Bertz CT molecular complexity index is 520. The maximum atomic E-state index is 12.5. The molecule has 0 bridgehead atoms. The van der Waals surface area contributed by atoms with Crippen LogP contribution in [0.15, 0.2) is 24.3 Å². The molecule has 1 saturated carbocycles. The van der Waals surface area contributed by atoms with Gasteiger partial charge in [-0.15, -0.1) is 0 Å². The van der Waals surface area contributed by atoms with E-state index in [9.17, 15) is 9.90 Å². The molecule has 0 spiro atoms. The predicted molar refractivity (Wildman–Crippen MR) is 88.7 cm³/mol. The molecule has 126 valence electrons. The Balaban J connectivity index is 1.49. The van der Waals surface area contributed by atoms with Crippen molar-refractivity contribution in [2.45, 2.75) is 25.9 Å². The minimum absolute atomic E-state index is 0.0791. The van der Waals surface area contributed by atoms with E-state index < -0.39 is 0 Å². The topological polar surface area (TPSA) is 53.0 Å². The molecule has 3 rings (SSSR count). The molecule has 0 aromatic heterocycles. The number of amides is 1. The van der Waals surface area contributed by atoms with Crippen LogP contribution in [0.3, 0.4) is 0 Å². The number of carbonyl (C=O) groups excluding carboxylic acids is 1. The molecule has 1 aliphatic heterocycles. The van der Waals surface area contributed by atoms with E-state index in [0.717, 1.165) is 51.3 Å². The maximum absolute atomic E-state index is 12.5. The Hall–Kier alpha value is -1.59. The number of piperazine rings is 1. The van der Waals surface area contributed by atoms with Crippen LogP contribution in [0.1, 0.15) is 30.1 Å². The van der Waals surface area contributed by atoms with Gasteiger partial charge < -0.3 is 14.7 Å². The summed E-state index contributed by atoms with van der Waals surface area (Å²) in [6.45, 7) is 6.45. The van der Waals surface area contributed by atoms with Crippen LogP contribution >= 0.6 is 0 Å². The zero-order valence-electron chi connectivity index (χ0n) is 13.8. The Morgan fingerprint density at radius 3 is 2.43 bits per heavy atom. The first kappa shape index (κ1) is 16.3. The molecule has 2 fully saturated rings. The highest BCUT2D eigenvalue weighted by molar-refractivity contribution is 5.94. The van der Waals surface area contributed by atoms with E-state index in [4.69, 9.17) is 4.74 Å². The highest BCUT2D eigenvalue weighted by Crippen LogP contribution is 2.32. The zero-order valence-corrected chi connectivity index (χ0v) is 13.8. The monoisotopic (exact) mass is 318 g/mol. The van der Waals surface area contributed by atoms with Crippen LogP contribution in [0.2, 0.25) is 0 Å². The average molecular weight is 318 g/mol. The molecule has 1 saturated heterocycles. The molecule has 1 aromatic carbocycles. The maximum Gasteiger partial charge on any atom is 0.253 e. The predicted octanol–water partition coefficient (Wildman–Crippen LogP) is 1.61. The van der Waals surface area contributed by atoms with E-state index in [1.165, 1.54) is 0 Å². The fraction of sp³-hybridized carbons (Fsp3) is 0.611. The normalized spacial score (nSPS) is 20.3. The van der Waals surface area contributed by atoms with Gasteiger partial charge in [-0.25, -0.2) is 0 Å². The molecule has 1 heterocycles. The fourth-order valence-corrected chi connectivity index (χ4v) is 3.07. The van der Waals surface area contributed by atoms with E-state index >= 15 is 0 Å². The van der Waals surface area contributed by atoms with Crippen LogP contribution in [-0.4, -0.2) is 66.2 Å². The van der Waals surface area contributed by atoms with Gasteiger partial charge in [-0.1, -0.05) is 0 Å². The number of hydrogen-bond acceptors (Lipinski definition) is 4. The van der Waals surface area contributed by atoms with Crippen molar-refractivity contribution in [1.29, 1.82) is 0 Å². The number of rotatable bonds is 6. The van der Waals surface area contributed by atoms with Gasteiger partial charge in [0, 0.05) is 38.3 Å². The Kier molecular flexibility index (Phi) is 5.18. The molecule has 1 aromatic rings. The summed E-state index contributed by atoms with van der Waals surface area (Å²) in [5, 5.41) is 10.0. The van der Waals surface area contributed by atoms with Gasteiger partial charge in [0.25, 0.3) is 5.91 Å². The Labute approximate surface area is 137 Å². The summed E-state index contributed by atoms with van der Waals surface area (Å²) in [6, 6.07) is 7.35. The summed E-state index contributed by atoms with van der Waals surface area (Å²) in [5.74, 6) is 1.39. The summed E-state index contributed by atoms with van der Waals surface area (Å²) in [7, 11) is 0. The minimum Gasteiger partial charge on any atom is -0.494 e. The SMILES string of the molecule is CCOc1ccc(C(=O)N2CCN(C[C@@H](O)C3CC3)CC2)cc1. The second-order valence-corrected chi connectivity index (χ2v) is 6.45. The van der Waals surface area contributed by atoms with E-state index in [-0.39, 0.29) is 12.0 Å². The van der Waals surface area contributed by atoms with Crippen LogP contribution in [0.5, 0.6) is 5.75 Å². The first-order valence-electron chi connectivity index (χ1n) is 8.60. The number of aliphatic hydroxyl groups is 1. The third-order valence-corrected chi connectivity index (χ3v) is 4.68.